The van der Waals surface area contributed by atoms with Crippen molar-refractivity contribution in [2.24, 2.45) is 23.7 Å². The molecule has 6 aliphatic carbocycles. The predicted molar refractivity (Wildman–Crippen MR) is 172 cm³/mol. The minimum absolute atomic E-state index is 0.748. The molecule has 2 nitrogen and oxygen atoms in total. The number of hydrogen-bond donors (Lipinski definition) is 0. The summed E-state index contributed by atoms with van der Waals surface area (Å²) >= 11 is 0. The zero-order chi connectivity index (χ0) is 27.4. The van der Waals surface area contributed by atoms with Crippen LogP contribution in [0.1, 0.15) is 52.9 Å². The predicted octanol–water partition coefficient (Wildman–Crippen LogP) is 9.04. The minimum Gasteiger partial charge on any atom is -0.232 e. The third kappa shape index (κ3) is 3.41. The Morgan fingerprint density at radius 3 is 2.36 bits per heavy atom. The highest BCUT2D eigenvalue weighted by Crippen LogP contribution is 2.60. The van der Waals surface area contributed by atoms with Crippen LogP contribution in [0.2, 0.25) is 0 Å². The number of nitrogens with zero attached hydrogens (tertiary/aromatic N) is 2. The van der Waals surface area contributed by atoms with E-state index < -0.39 is 0 Å². The molecule has 10 rings (SSSR count). The molecule has 2 heteroatoms. The zero-order valence-corrected chi connectivity index (χ0v) is 23.6. The Hall–Kier alpha value is -4.43. The van der Waals surface area contributed by atoms with Crippen LogP contribution in [0.5, 0.6) is 0 Å². The molecule has 0 radical (unpaired) electrons. The molecule has 0 bridgehead atoms. The van der Waals surface area contributed by atoms with E-state index in [9.17, 15) is 0 Å². The Kier molecular flexibility index (Phi) is 4.72. The standard InChI is InChI=1S/C40H32N2/c1-3-7-24(8-4-1)19-37-40(39-18-14-25-9-5-2-6-10-38(25)42(39)41-37)28-13-17-29-30-15-11-26-20-32(26)35(30)23-36-31(34(29)22-28)16-12-27-21-33(27)36/h1-8,10-18,22,26-27,32-33H,9,19-21,23H2. The van der Waals surface area contributed by atoms with Crippen LogP contribution in [-0.4, -0.2) is 9.61 Å². The molecule has 0 N–H and O–H groups in total. The Labute approximate surface area is 246 Å². The second-order valence-corrected chi connectivity index (χ2v) is 13.1. The minimum atomic E-state index is 0.748. The van der Waals surface area contributed by atoms with Gasteiger partial charge >= 0.3 is 0 Å². The lowest BCUT2D eigenvalue weighted by molar-refractivity contribution is 0.809. The molecule has 4 unspecified atom stereocenters. The van der Waals surface area contributed by atoms with Gasteiger partial charge in [-0.05, 0) is 107 Å². The first-order chi connectivity index (χ1) is 20.8. The molecule has 2 heterocycles. The van der Waals surface area contributed by atoms with Crippen LogP contribution in [0.25, 0.3) is 33.9 Å². The summed E-state index contributed by atoms with van der Waals surface area (Å²) in [5.41, 5.74) is 17.9. The van der Waals surface area contributed by atoms with Crippen molar-refractivity contribution in [1.82, 2.24) is 9.61 Å². The molecular formula is C40H32N2. The van der Waals surface area contributed by atoms with Crippen molar-refractivity contribution in [3.8, 4) is 11.1 Å². The summed E-state index contributed by atoms with van der Waals surface area (Å²) in [6.45, 7) is 0. The number of allylic oxidation sites excluding steroid dienone is 11. The van der Waals surface area contributed by atoms with Crippen molar-refractivity contribution in [3.05, 3.63) is 148 Å². The summed E-state index contributed by atoms with van der Waals surface area (Å²) in [4.78, 5) is 0. The van der Waals surface area contributed by atoms with E-state index in [0.717, 1.165) is 42.2 Å². The van der Waals surface area contributed by atoms with Crippen molar-refractivity contribution in [2.75, 3.05) is 0 Å². The topological polar surface area (TPSA) is 17.3 Å². The third-order valence-electron chi connectivity index (χ3n) is 10.6. The van der Waals surface area contributed by atoms with E-state index in [1.807, 2.05) is 0 Å². The lowest BCUT2D eigenvalue weighted by atomic mass is 9.87. The van der Waals surface area contributed by atoms with E-state index in [1.165, 1.54) is 75.0 Å². The maximum absolute atomic E-state index is 5.34. The van der Waals surface area contributed by atoms with E-state index >= 15 is 0 Å². The molecular weight excluding hydrogens is 508 g/mol. The Bertz CT molecular complexity index is 2020. The zero-order valence-electron chi connectivity index (χ0n) is 23.6. The van der Waals surface area contributed by atoms with Gasteiger partial charge in [-0.25, -0.2) is 4.52 Å². The first-order valence-corrected chi connectivity index (χ1v) is 15.7. The summed E-state index contributed by atoms with van der Waals surface area (Å²) in [6, 6.07) is 22.7. The highest BCUT2D eigenvalue weighted by Gasteiger charge is 2.47. The van der Waals surface area contributed by atoms with E-state index in [1.54, 1.807) is 11.1 Å². The first-order valence-electron chi connectivity index (χ1n) is 15.7. The average Bonchev–Trinajstić information content (AvgIpc) is 3.93. The van der Waals surface area contributed by atoms with Crippen LogP contribution in [0.4, 0.5) is 0 Å². The first kappa shape index (κ1) is 23.2. The van der Waals surface area contributed by atoms with Crippen LogP contribution in [0, 0.1) is 23.7 Å². The normalized spacial score (nSPS) is 25.7. The lowest BCUT2D eigenvalue weighted by Gasteiger charge is -2.17. The summed E-state index contributed by atoms with van der Waals surface area (Å²) in [5, 5.41) is 5.34. The van der Waals surface area contributed by atoms with Gasteiger partial charge in [0.25, 0.3) is 0 Å². The maximum atomic E-state index is 5.34. The second-order valence-electron chi connectivity index (χ2n) is 13.1. The molecule has 0 amide bonds. The molecule has 0 aliphatic heterocycles. The lowest BCUT2D eigenvalue weighted by Crippen LogP contribution is -2.01. The Morgan fingerprint density at radius 2 is 1.55 bits per heavy atom. The van der Waals surface area contributed by atoms with E-state index in [0.29, 0.717) is 0 Å². The van der Waals surface area contributed by atoms with Gasteiger partial charge in [-0.3, -0.25) is 0 Å². The van der Waals surface area contributed by atoms with Crippen molar-refractivity contribution in [3.63, 3.8) is 0 Å². The number of pyridine rings is 1. The van der Waals surface area contributed by atoms with E-state index in [2.05, 4.69) is 114 Å². The van der Waals surface area contributed by atoms with Crippen LogP contribution in [0.15, 0.2) is 114 Å². The number of aromatic nitrogens is 2. The Morgan fingerprint density at radius 1 is 0.762 bits per heavy atom. The molecule has 4 atom stereocenters. The van der Waals surface area contributed by atoms with Gasteiger partial charge < -0.3 is 0 Å². The summed E-state index contributed by atoms with van der Waals surface area (Å²) in [7, 11) is 0. The van der Waals surface area contributed by atoms with E-state index in [4.69, 9.17) is 5.10 Å². The quantitative estimate of drug-likeness (QED) is 0.253. The number of benzene rings is 2. The monoisotopic (exact) mass is 540 g/mol. The van der Waals surface area contributed by atoms with Crippen molar-refractivity contribution < 1.29 is 0 Å². The molecule has 2 aromatic heterocycles. The summed E-state index contributed by atoms with van der Waals surface area (Å²) < 4.78 is 2.20. The molecule has 2 aromatic carbocycles. The fraction of sp³-hybridized carbons (Fsp3) is 0.225. The van der Waals surface area contributed by atoms with Gasteiger partial charge in [0.05, 0.1) is 16.9 Å². The average molecular weight is 541 g/mol. The van der Waals surface area contributed by atoms with Crippen molar-refractivity contribution >= 4 is 22.7 Å². The second kappa shape index (κ2) is 8.55. The fourth-order valence-electron chi connectivity index (χ4n) is 8.26. The molecule has 0 spiro atoms. The molecule has 202 valence electrons. The van der Waals surface area contributed by atoms with Crippen molar-refractivity contribution in [1.29, 1.82) is 0 Å². The SMILES string of the molecule is C1=CCc2ccc3c(-c4ccc5c(c4)C4=C(CC6=C5C=CC5CC65)C5CC5C=C4)c(Cc4ccccc4)nn3c2C=C1. The third-order valence-corrected chi connectivity index (χ3v) is 10.6. The van der Waals surface area contributed by atoms with Crippen LogP contribution >= 0.6 is 0 Å². The number of hydrogen-bond acceptors (Lipinski definition) is 1. The van der Waals surface area contributed by atoms with Gasteiger partial charge in [0.2, 0.25) is 0 Å². The Balaban J connectivity index is 1.21. The molecule has 6 aliphatic rings. The van der Waals surface area contributed by atoms with E-state index in [-0.39, 0.29) is 0 Å². The molecule has 2 fully saturated rings. The largest absolute Gasteiger partial charge is 0.232 e. The van der Waals surface area contributed by atoms with Gasteiger partial charge in [0.15, 0.2) is 0 Å². The highest BCUT2D eigenvalue weighted by molar-refractivity contribution is 5.96. The molecule has 0 saturated heterocycles. The maximum Gasteiger partial charge on any atom is 0.0757 e. The smallest absolute Gasteiger partial charge is 0.0757 e. The number of rotatable bonds is 3. The van der Waals surface area contributed by atoms with Crippen LogP contribution < -0.4 is 0 Å². The molecule has 4 aromatic rings. The van der Waals surface area contributed by atoms with Gasteiger partial charge in [0, 0.05) is 12.0 Å². The van der Waals surface area contributed by atoms with Gasteiger partial charge in [-0.1, -0.05) is 102 Å². The van der Waals surface area contributed by atoms with Gasteiger partial charge in [-0.2, -0.15) is 5.10 Å². The van der Waals surface area contributed by atoms with Gasteiger partial charge in [-0.15, -0.1) is 0 Å². The highest BCUT2D eigenvalue weighted by atomic mass is 15.2. The summed E-state index contributed by atoms with van der Waals surface area (Å²) in [6.07, 6.45) is 24.2. The van der Waals surface area contributed by atoms with Gasteiger partial charge in [0.1, 0.15) is 0 Å². The fourth-order valence-corrected chi connectivity index (χ4v) is 8.26. The molecule has 42 heavy (non-hydrogen) atoms. The van der Waals surface area contributed by atoms with Crippen LogP contribution in [-0.2, 0) is 12.8 Å². The van der Waals surface area contributed by atoms with Crippen molar-refractivity contribution in [2.45, 2.75) is 32.1 Å². The number of fused-ring (bicyclic) bond motifs is 10. The summed E-state index contributed by atoms with van der Waals surface area (Å²) in [5.74, 6) is 3.06. The molecule has 2 saturated carbocycles. The van der Waals surface area contributed by atoms with Crippen LogP contribution in [0.3, 0.4) is 0 Å².